The van der Waals surface area contributed by atoms with Gasteiger partial charge in [-0.15, -0.1) is 0 Å². The van der Waals surface area contributed by atoms with E-state index in [1.807, 2.05) is 51.4 Å². The minimum Gasteiger partial charge on any atom is -0.444 e. The number of aliphatic hydroxyl groups is 1. The first kappa shape index (κ1) is 24.3. The van der Waals surface area contributed by atoms with Gasteiger partial charge in [-0.25, -0.2) is 4.79 Å². The number of hydrogen-bond donors (Lipinski definition) is 3. The summed E-state index contributed by atoms with van der Waals surface area (Å²) in [7, 11) is 0. The molecule has 2 aliphatic rings. The molecule has 3 heterocycles. The molecule has 1 aromatic heterocycles. The molecule has 188 valence electrons. The van der Waals surface area contributed by atoms with E-state index in [2.05, 4.69) is 56.9 Å². The molecular weight excluding hydrogens is 452 g/mol. The highest BCUT2D eigenvalue weighted by molar-refractivity contribution is 5.86. The lowest BCUT2D eigenvalue weighted by Crippen LogP contribution is -2.41. The van der Waals surface area contributed by atoms with Crippen LogP contribution >= 0.6 is 0 Å². The fourth-order valence-electron chi connectivity index (χ4n) is 5.44. The number of rotatable bonds is 5. The summed E-state index contributed by atoms with van der Waals surface area (Å²) in [5.74, 6) is 0.333. The molecule has 0 radical (unpaired) electrons. The van der Waals surface area contributed by atoms with Crippen LogP contribution in [0.3, 0.4) is 0 Å². The van der Waals surface area contributed by atoms with Crippen LogP contribution in [0.4, 0.5) is 16.2 Å². The van der Waals surface area contributed by atoms with Crippen LogP contribution in [0.5, 0.6) is 0 Å². The predicted octanol–water partition coefficient (Wildman–Crippen LogP) is 5.45. The summed E-state index contributed by atoms with van der Waals surface area (Å²) in [6.45, 7) is 7.48. The third kappa shape index (κ3) is 5.22. The van der Waals surface area contributed by atoms with Gasteiger partial charge in [-0.3, -0.25) is 15.2 Å². The second-order valence-corrected chi connectivity index (χ2v) is 10.7. The maximum atomic E-state index is 12.3. The molecular formula is C29H34N4O3. The standard InChI is InChI=1S/C29H34N4O3/c1-29(2,3)36-28(35)31-22-6-4-5-20(15-22)21-7-8-25-24(16-21)27-23(26(18-34)32-25)11-14-33(27)17-19-9-12-30-13-10-19/h4-10,12-13,15-16,23,26-27,32,34H,11,14,17-18H2,1-3H3,(H,31,35)/t23-,26-,27-/m1/s1. The van der Waals surface area contributed by atoms with Gasteiger partial charge in [-0.1, -0.05) is 18.2 Å². The summed E-state index contributed by atoms with van der Waals surface area (Å²) in [5.41, 5.74) is 5.80. The van der Waals surface area contributed by atoms with Crippen molar-refractivity contribution in [3.63, 3.8) is 0 Å². The van der Waals surface area contributed by atoms with Crippen molar-refractivity contribution in [1.82, 2.24) is 9.88 Å². The van der Waals surface area contributed by atoms with Gasteiger partial charge in [0.2, 0.25) is 0 Å². The number of anilines is 2. The molecule has 36 heavy (non-hydrogen) atoms. The number of aromatic nitrogens is 1. The van der Waals surface area contributed by atoms with Gasteiger partial charge in [0.1, 0.15) is 5.60 Å². The fourth-order valence-corrected chi connectivity index (χ4v) is 5.44. The van der Waals surface area contributed by atoms with E-state index in [1.165, 1.54) is 11.1 Å². The Balaban J connectivity index is 1.44. The average molecular weight is 487 g/mol. The average Bonchev–Trinajstić information content (AvgIpc) is 3.27. The number of carbonyl (C=O) groups is 1. The zero-order valence-electron chi connectivity index (χ0n) is 21.1. The lowest BCUT2D eigenvalue weighted by atomic mass is 9.82. The topological polar surface area (TPSA) is 86.7 Å². The Bertz CT molecular complexity index is 1220. The smallest absolute Gasteiger partial charge is 0.412 e. The van der Waals surface area contributed by atoms with Crippen molar-refractivity contribution < 1.29 is 14.6 Å². The van der Waals surface area contributed by atoms with E-state index >= 15 is 0 Å². The number of nitrogens with one attached hydrogen (secondary N) is 2. The number of nitrogens with zero attached hydrogens (tertiary/aromatic N) is 2. The van der Waals surface area contributed by atoms with Gasteiger partial charge in [0.05, 0.1) is 12.6 Å². The van der Waals surface area contributed by atoms with E-state index in [-0.39, 0.29) is 18.7 Å². The first-order valence-electron chi connectivity index (χ1n) is 12.6. The Kier molecular flexibility index (Phi) is 6.69. The van der Waals surface area contributed by atoms with Crippen LogP contribution in [0.2, 0.25) is 0 Å². The Morgan fingerprint density at radius 1 is 1.14 bits per heavy atom. The van der Waals surface area contributed by atoms with Gasteiger partial charge >= 0.3 is 6.09 Å². The van der Waals surface area contributed by atoms with Gasteiger partial charge in [0.15, 0.2) is 0 Å². The van der Waals surface area contributed by atoms with Crippen molar-refractivity contribution in [3.05, 3.63) is 78.1 Å². The van der Waals surface area contributed by atoms with Crippen molar-refractivity contribution in [1.29, 1.82) is 0 Å². The first-order valence-corrected chi connectivity index (χ1v) is 12.6. The van der Waals surface area contributed by atoms with Crippen LogP contribution in [0.25, 0.3) is 11.1 Å². The van der Waals surface area contributed by atoms with E-state index in [0.717, 1.165) is 36.3 Å². The summed E-state index contributed by atoms with van der Waals surface area (Å²) in [6.07, 6.45) is 4.25. The normalized spacial score (nSPS) is 21.3. The van der Waals surface area contributed by atoms with Crippen LogP contribution in [0.15, 0.2) is 67.0 Å². The summed E-state index contributed by atoms with van der Waals surface area (Å²) in [5, 5.41) is 16.5. The number of benzene rings is 2. The third-order valence-corrected chi connectivity index (χ3v) is 6.95. The number of pyridine rings is 1. The molecule has 7 nitrogen and oxygen atoms in total. The zero-order valence-corrected chi connectivity index (χ0v) is 21.1. The number of likely N-dealkylation sites (tertiary alicyclic amines) is 1. The highest BCUT2D eigenvalue weighted by Gasteiger charge is 2.43. The van der Waals surface area contributed by atoms with Gasteiger partial charge < -0.3 is 15.2 Å². The molecule has 1 saturated heterocycles. The van der Waals surface area contributed by atoms with E-state index < -0.39 is 11.7 Å². The molecule has 0 unspecified atom stereocenters. The Hall–Kier alpha value is -3.42. The molecule has 3 atom stereocenters. The Morgan fingerprint density at radius 3 is 2.67 bits per heavy atom. The van der Waals surface area contributed by atoms with E-state index in [1.54, 1.807) is 0 Å². The predicted molar refractivity (Wildman–Crippen MR) is 142 cm³/mol. The van der Waals surface area contributed by atoms with Crippen LogP contribution < -0.4 is 10.6 Å². The van der Waals surface area contributed by atoms with E-state index in [0.29, 0.717) is 11.6 Å². The van der Waals surface area contributed by atoms with Gasteiger partial charge in [-0.2, -0.15) is 0 Å². The number of ether oxygens (including phenoxy) is 1. The number of carbonyl (C=O) groups excluding carboxylic acids is 1. The number of hydrogen-bond acceptors (Lipinski definition) is 6. The second kappa shape index (κ2) is 9.91. The summed E-state index contributed by atoms with van der Waals surface area (Å²) in [4.78, 5) is 18.9. The molecule has 0 aliphatic carbocycles. The number of aliphatic hydroxyl groups excluding tert-OH is 1. The van der Waals surface area contributed by atoms with Crippen LogP contribution in [0, 0.1) is 5.92 Å². The largest absolute Gasteiger partial charge is 0.444 e. The van der Waals surface area contributed by atoms with Crippen molar-refractivity contribution in [2.24, 2.45) is 5.92 Å². The first-order chi connectivity index (χ1) is 17.3. The summed E-state index contributed by atoms with van der Waals surface area (Å²) >= 11 is 0. The van der Waals surface area contributed by atoms with Gasteiger partial charge in [0.25, 0.3) is 0 Å². The zero-order chi connectivity index (χ0) is 25.3. The SMILES string of the molecule is CC(C)(C)OC(=O)Nc1cccc(-c2ccc3c(c2)[C@H]2[C@H](CCN2Cc2ccncc2)[C@@H](CO)N3)c1. The maximum absolute atomic E-state index is 12.3. The third-order valence-electron chi connectivity index (χ3n) is 6.95. The molecule has 0 spiro atoms. The lowest BCUT2D eigenvalue weighted by Gasteiger charge is -2.39. The van der Waals surface area contributed by atoms with E-state index in [4.69, 9.17) is 4.74 Å². The minimum atomic E-state index is -0.556. The Labute approximate surface area is 212 Å². The molecule has 7 heteroatoms. The molecule has 0 bridgehead atoms. The number of amides is 1. The van der Waals surface area contributed by atoms with Gasteiger partial charge in [0, 0.05) is 42.3 Å². The fraction of sp³-hybridized carbons (Fsp3) is 0.379. The van der Waals surface area contributed by atoms with Crippen molar-refractivity contribution in [2.75, 3.05) is 23.8 Å². The molecule has 1 amide bonds. The molecule has 1 fully saturated rings. The Morgan fingerprint density at radius 2 is 1.92 bits per heavy atom. The van der Waals surface area contributed by atoms with Crippen molar-refractivity contribution in [3.8, 4) is 11.1 Å². The quantitative estimate of drug-likeness (QED) is 0.445. The molecule has 2 aromatic carbocycles. The minimum absolute atomic E-state index is 0.0390. The number of fused-ring (bicyclic) bond motifs is 3. The van der Waals surface area contributed by atoms with Crippen LogP contribution in [-0.4, -0.2) is 45.9 Å². The van der Waals surface area contributed by atoms with Crippen LogP contribution in [0.1, 0.15) is 44.4 Å². The highest BCUT2D eigenvalue weighted by Crippen LogP contribution is 2.47. The monoisotopic (exact) mass is 486 g/mol. The molecule has 0 saturated carbocycles. The van der Waals surface area contributed by atoms with E-state index in [9.17, 15) is 9.90 Å². The maximum Gasteiger partial charge on any atom is 0.412 e. The van der Waals surface area contributed by atoms with Gasteiger partial charge in [-0.05, 0) is 92.4 Å². The molecule has 3 aromatic rings. The molecule has 3 N–H and O–H groups in total. The van der Waals surface area contributed by atoms with Crippen molar-refractivity contribution >= 4 is 17.5 Å². The molecule has 5 rings (SSSR count). The molecule has 2 aliphatic heterocycles. The highest BCUT2D eigenvalue weighted by atomic mass is 16.6. The van der Waals surface area contributed by atoms with Crippen molar-refractivity contribution in [2.45, 2.75) is 51.4 Å². The summed E-state index contributed by atoms with van der Waals surface area (Å²) < 4.78 is 5.40. The second-order valence-electron chi connectivity index (χ2n) is 10.7. The van der Waals surface area contributed by atoms with Crippen LogP contribution in [-0.2, 0) is 11.3 Å². The summed E-state index contributed by atoms with van der Waals surface area (Å²) in [6, 6.07) is 18.7. The lowest BCUT2D eigenvalue weighted by molar-refractivity contribution is 0.0636.